The molecular weight excluding hydrogens is 292 g/mol. The molecule has 0 fully saturated rings. The number of likely N-dealkylation sites (N-methyl/N-ethyl adjacent to an activating group) is 1. The fourth-order valence-electron chi connectivity index (χ4n) is 2.23. The molecule has 22 heavy (non-hydrogen) atoms. The third-order valence-electron chi connectivity index (χ3n) is 3.66. The summed E-state index contributed by atoms with van der Waals surface area (Å²) in [6, 6.07) is 12.8. The van der Waals surface area contributed by atoms with Gasteiger partial charge in [-0.1, -0.05) is 6.92 Å². The van der Waals surface area contributed by atoms with Crippen molar-refractivity contribution in [3.05, 3.63) is 41.3 Å². The van der Waals surface area contributed by atoms with Gasteiger partial charge >= 0.3 is 0 Å². The van der Waals surface area contributed by atoms with Crippen molar-refractivity contribution in [1.29, 1.82) is 0 Å². The lowest BCUT2D eigenvalue weighted by Crippen LogP contribution is -2.19. The maximum Gasteiger partial charge on any atom is 0.119 e. The molecule has 2 rings (SSSR count). The van der Waals surface area contributed by atoms with E-state index in [0.717, 1.165) is 25.3 Å². The molecule has 2 N–H and O–H groups in total. The predicted octanol–water partition coefficient (Wildman–Crippen LogP) is 3.81. The molecule has 0 bridgehead atoms. The van der Waals surface area contributed by atoms with E-state index >= 15 is 0 Å². The first-order valence-electron chi connectivity index (χ1n) is 7.78. The highest BCUT2D eigenvalue weighted by Crippen LogP contribution is 2.33. The van der Waals surface area contributed by atoms with E-state index in [1.54, 1.807) is 0 Å². The number of hydrogen-bond acceptors (Lipinski definition) is 4. The van der Waals surface area contributed by atoms with Gasteiger partial charge in [-0.15, -0.1) is 11.3 Å². The molecule has 1 aromatic heterocycles. The standard InChI is InChI=1S/C18H26N2OS/c1-14(10-11-19)17-8-9-18(22-17)15-4-6-16(7-5-15)21-13-12-20(2)3/h4-9,14H,10-13,19H2,1-3H3. The minimum absolute atomic E-state index is 0.539. The number of benzene rings is 1. The summed E-state index contributed by atoms with van der Waals surface area (Å²) in [6.07, 6.45) is 1.04. The van der Waals surface area contributed by atoms with E-state index in [-0.39, 0.29) is 0 Å². The Hall–Kier alpha value is -1.36. The summed E-state index contributed by atoms with van der Waals surface area (Å²) in [5, 5.41) is 0. The molecule has 0 radical (unpaired) electrons. The molecule has 0 amide bonds. The van der Waals surface area contributed by atoms with E-state index in [0.29, 0.717) is 12.5 Å². The molecule has 120 valence electrons. The van der Waals surface area contributed by atoms with Crippen molar-refractivity contribution in [3.8, 4) is 16.2 Å². The number of hydrogen-bond donors (Lipinski definition) is 1. The number of thiophene rings is 1. The van der Waals surface area contributed by atoms with Crippen LogP contribution in [-0.4, -0.2) is 38.7 Å². The summed E-state index contributed by atoms with van der Waals surface area (Å²) in [4.78, 5) is 4.83. The van der Waals surface area contributed by atoms with E-state index < -0.39 is 0 Å². The van der Waals surface area contributed by atoms with Crippen LogP contribution in [0.1, 0.15) is 24.1 Å². The minimum Gasteiger partial charge on any atom is -0.492 e. The maximum absolute atomic E-state index is 5.73. The summed E-state index contributed by atoms with van der Waals surface area (Å²) in [5.74, 6) is 1.47. The topological polar surface area (TPSA) is 38.5 Å². The van der Waals surface area contributed by atoms with Crippen molar-refractivity contribution >= 4 is 11.3 Å². The molecule has 0 aliphatic rings. The summed E-state index contributed by atoms with van der Waals surface area (Å²) < 4.78 is 5.73. The fourth-order valence-corrected chi connectivity index (χ4v) is 3.33. The van der Waals surface area contributed by atoms with Crippen LogP contribution in [0.15, 0.2) is 36.4 Å². The minimum atomic E-state index is 0.539. The molecule has 0 aliphatic carbocycles. The molecule has 1 aromatic carbocycles. The van der Waals surface area contributed by atoms with Crippen molar-refractivity contribution in [2.45, 2.75) is 19.3 Å². The molecule has 2 aromatic rings. The molecule has 1 unspecified atom stereocenters. The molecule has 0 saturated carbocycles. The van der Waals surface area contributed by atoms with Gasteiger partial charge in [-0.05, 0) is 74.9 Å². The van der Waals surface area contributed by atoms with Crippen molar-refractivity contribution < 1.29 is 4.74 Å². The first-order valence-corrected chi connectivity index (χ1v) is 8.59. The van der Waals surface area contributed by atoms with Gasteiger partial charge in [0.25, 0.3) is 0 Å². The van der Waals surface area contributed by atoms with Crippen LogP contribution in [0.2, 0.25) is 0 Å². The molecule has 1 atom stereocenters. The van der Waals surface area contributed by atoms with Crippen molar-refractivity contribution in [1.82, 2.24) is 4.90 Å². The van der Waals surface area contributed by atoms with Gasteiger partial charge in [0.1, 0.15) is 12.4 Å². The molecule has 4 heteroatoms. The highest BCUT2D eigenvalue weighted by atomic mass is 32.1. The Morgan fingerprint density at radius 3 is 2.50 bits per heavy atom. The first-order chi connectivity index (χ1) is 10.6. The highest BCUT2D eigenvalue weighted by Gasteiger charge is 2.09. The third-order valence-corrected chi connectivity index (χ3v) is 5.02. The summed E-state index contributed by atoms with van der Waals surface area (Å²) >= 11 is 1.86. The Morgan fingerprint density at radius 2 is 1.86 bits per heavy atom. The number of nitrogens with two attached hydrogens (primary N) is 1. The van der Waals surface area contributed by atoms with Gasteiger partial charge in [0.15, 0.2) is 0 Å². The van der Waals surface area contributed by atoms with Crippen molar-refractivity contribution in [3.63, 3.8) is 0 Å². The van der Waals surface area contributed by atoms with Gasteiger partial charge in [-0.2, -0.15) is 0 Å². The van der Waals surface area contributed by atoms with Gasteiger partial charge in [-0.3, -0.25) is 0 Å². The second-order valence-electron chi connectivity index (χ2n) is 5.86. The van der Waals surface area contributed by atoms with E-state index in [1.807, 2.05) is 37.6 Å². The summed E-state index contributed by atoms with van der Waals surface area (Å²) in [5.41, 5.74) is 6.89. The zero-order valence-electron chi connectivity index (χ0n) is 13.7. The average molecular weight is 318 g/mol. The van der Waals surface area contributed by atoms with Gasteiger partial charge < -0.3 is 15.4 Å². The second kappa shape index (κ2) is 8.32. The van der Waals surface area contributed by atoms with Crippen molar-refractivity contribution in [2.75, 3.05) is 33.8 Å². The zero-order valence-corrected chi connectivity index (χ0v) is 14.5. The molecule has 1 heterocycles. The summed E-state index contributed by atoms with van der Waals surface area (Å²) in [6.45, 7) is 4.62. The average Bonchev–Trinajstić information content (AvgIpc) is 2.98. The number of ether oxygens (including phenoxy) is 1. The number of rotatable bonds is 8. The van der Waals surface area contributed by atoms with Crippen LogP contribution in [0.3, 0.4) is 0 Å². The molecule has 3 nitrogen and oxygen atoms in total. The maximum atomic E-state index is 5.73. The van der Waals surface area contributed by atoms with E-state index in [2.05, 4.69) is 36.1 Å². The van der Waals surface area contributed by atoms with Crippen LogP contribution < -0.4 is 10.5 Å². The summed E-state index contributed by atoms with van der Waals surface area (Å²) in [7, 11) is 4.10. The molecule has 0 saturated heterocycles. The quantitative estimate of drug-likeness (QED) is 0.804. The Labute approximate surface area is 137 Å². The molecular formula is C18H26N2OS. The van der Waals surface area contributed by atoms with Gasteiger partial charge in [0.05, 0.1) is 0 Å². The third kappa shape index (κ3) is 4.83. The van der Waals surface area contributed by atoms with E-state index in [4.69, 9.17) is 10.5 Å². The van der Waals surface area contributed by atoms with Crippen LogP contribution in [0.25, 0.3) is 10.4 Å². The normalized spacial score (nSPS) is 12.6. The van der Waals surface area contributed by atoms with Crippen LogP contribution in [-0.2, 0) is 0 Å². The Bertz CT molecular complexity index is 563. The Balaban J connectivity index is 1.98. The molecule has 0 aliphatic heterocycles. The predicted molar refractivity (Wildman–Crippen MR) is 95.9 cm³/mol. The number of nitrogens with zero attached hydrogens (tertiary/aromatic N) is 1. The second-order valence-corrected chi connectivity index (χ2v) is 6.97. The lowest BCUT2D eigenvalue weighted by molar-refractivity contribution is 0.261. The highest BCUT2D eigenvalue weighted by molar-refractivity contribution is 7.15. The Kier molecular flexibility index (Phi) is 6.43. The zero-order chi connectivity index (χ0) is 15.9. The van der Waals surface area contributed by atoms with Crippen LogP contribution in [0.4, 0.5) is 0 Å². The smallest absolute Gasteiger partial charge is 0.119 e. The lowest BCUT2D eigenvalue weighted by Gasteiger charge is -2.11. The van der Waals surface area contributed by atoms with Crippen LogP contribution >= 0.6 is 11.3 Å². The van der Waals surface area contributed by atoms with Gasteiger partial charge in [0.2, 0.25) is 0 Å². The van der Waals surface area contributed by atoms with Crippen LogP contribution in [0.5, 0.6) is 5.75 Å². The van der Waals surface area contributed by atoms with E-state index in [9.17, 15) is 0 Å². The van der Waals surface area contributed by atoms with Crippen molar-refractivity contribution in [2.24, 2.45) is 5.73 Å². The SMILES string of the molecule is CC(CCN)c1ccc(-c2ccc(OCCN(C)C)cc2)s1. The monoisotopic (exact) mass is 318 g/mol. The Morgan fingerprint density at radius 1 is 1.14 bits per heavy atom. The first kappa shape index (κ1) is 17.0. The van der Waals surface area contributed by atoms with E-state index in [1.165, 1.54) is 15.3 Å². The molecule has 0 spiro atoms. The fraction of sp³-hybridized carbons (Fsp3) is 0.444. The van der Waals surface area contributed by atoms with Crippen LogP contribution in [0, 0.1) is 0 Å². The van der Waals surface area contributed by atoms with Gasteiger partial charge in [0, 0.05) is 16.3 Å². The largest absolute Gasteiger partial charge is 0.492 e. The van der Waals surface area contributed by atoms with Gasteiger partial charge in [-0.25, -0.2) is 0 Å². The lowest BCUT2D eigenvalue weighted by atomic mass is 10.1.